The number of hydrogen-bond acceptors (Lipinski definition) is 2. The number of nitrogens with one attached hydrogen (secondary N) is 1. The van der Waals surface area contributed by atoms with Gasteiger partial charge in [-0.1, -0.05) is 6.07 Å². The summed E-state index contributed by atoms with van der Waals surface area (Å²) in [5, 5.41) is 2.91. The fourth-order valence-electron chi connectivity index (χ4n) is 2.15. The summed E-state index contributed by atoms with van der Waals surface area (Å²) in [7, 11) is 0. The quantitative estimate of drug-likeness (QED) is 0.872. The third-order valence-corrected chi connectivity index (χ3v) is 2.87. The van der Waals surface area contributed by atoms with Gasteiger partial charge in [-0.3, -0.25) is 4.79 Å². The van der Waals surface area contributed by atoms with Crippen LogP contribution >= 0.6 is 0 Å². The third-order valence-electron chi connectivity index (χ3n) is 2.87. The molecule has 0 aliphatic heterocycles. The highest BCUT2D eigenvalue weighted by atomic mass is 16.3. The molecule has 2 rings (SSSR count). The lowest BCUT2D eigenvalue weighted by molar-refractivity contribution is 0.102. The van der Waals surface area contributed by atoms with Crippen LogP contribution in [0.4, 0.5) is 5.69 Å². The summed E-state index contributed by atoms with van der Waals surface area (Å²) in [5.41, 5.74) is 4.55. The Labute approximate surface area is 107 Å². The van der Waals surface area contributed by atoms with Crippen molar-refractivity contribution in [3.63, 3.8) is 0 Å². The molecular weight excluding hydrogens is 226 g/mol. The maximum atomic E-state index is 12.2. The molecule has 0 unspecified atom stereocenters. The summed E-state index contributed by atoms with van der Waals surface area (Å²) in [6.45, 7) is 7.68. The lowest BCUT2D eigenvalue weighted by atomic mass is 10.1. The molecule has 0 saturated heterocycles. The second-order valence-corrected chi connectivity index (χ2v) is 4.68. The maximum Gasteiger partial charge on any atom is 0.259 e. The molecule has 1 N–H and O–H groups in total. The van der Waals surface area contributed by atoms with Gasteiger partial charge in [-0.15, -0.1) is 0 Å². The number of aryl methyl sites for hydroxylation is 4. The first-order chi connectivity index (χ1) is 8.47. The molecule has 0 spiro atoms. The largest absolute Gasteiger partial charge is 0.469 e. The Morgan fingerprint density at radius 3 is 2.17 bits per heavy atom. The maximum absolute atomic E-state index is 12.2. The molecular formula is C15H17NO2. The van der Waals surface area contributed by atoms with Crippen molar-refractivity contribution in [1.82, 2.24) is 0 Å². The van der Waals surface area contributed by atoms with Crippen molar-refractivity contribution in [2.75, 3.05) is 5.32 Å². The Kier molecular flexibility index (Phi) is 3.24. The zero-order chi connectivity index (χ0) is 13.3. The first-order valence-electron chi connectivity index (χ1n) is 5.91. The van der Waals surface area contributed by atoms with Crippen LogP contribution < -0.4 is 5.32 Å². The van der Waals surface area contributed by atoms with Crippen molar-refractivity contribution in [2.24, 2.45) is 0 Å². The molecule has 0 aliphatic carbocycles. The van der Waals surface area contributed by atoms with Gasteiger partial charge in [-0.2, -0.15) is 0 Å². The summed E-state index contributed by atoms with van der Waals surface area (Å²) >= 11 is 0. The van der Waals surface area contributed by atoms with Crippen LogP contribution in [0, 0.1) is 27.7 Å². The van der Waals surface area contributed by atoms with Crippen molar-refractivity contribution in [1.29, 1.82) is 0 Å². The van der Waals surface area contributed by atoms with Crippen LogP contribution in [0.2, 0.25) is 0 Å². The van der Waals surface area contributed by atoms with E-state index in [-0.39, 0.29) is 5.91 Å². The highest BCUT2D eigenvalue weighted by Gasteiger charge is 2.15. The van der Waals surface area contributed by atoms with Crippen LogP contribution in [0.25, 0.3) is 0 Å². The molecule has 0 atom stereocenters. The molecule has 1 aromatic heterocycles. The van der Waals surface area contributed by atoms with Crippen molar-refractivity contribution in [3.05, 3.63) is 52.5 Å². The SMILES string of the molecule is Cc1cc(C)cc(NC(=O)c2c(C)coc2C)c1. The zero-order valence-corrected chi connectivity index (χ0v) is 11.1. The Morgan fingerprint density at radius 2 is 1.67 bits per heavy atom. The second kappa shape index (κ2) is 4.69. The molecule has 2 aromatic rings. The van der Waals surface area contributed by atoms with Gasteiger partial charge in [0.1, 0.15) is 5.76 Å². The predicted octanol–water partition coefficient (Wildman–Crippen LogP) is 3.77. The van der Waals surface area contributed by atoms with Gasteiger partial charge in [0.25, 0.3) is 5.91 Å². The molecule has 0 fully saturated rings. The predicted molar refractivity (Wildman–Crippen MR) is 72.1 cm³/mol. The van der Waals surface area contributed by atoms with Crippen LogP contribution in [-0.2, 0) is 0 Å². The normalized spacial score (nSPS) is 10.4. The smallest absolute Gasteiger partial charge is 0.259 e. The number of anilines is 1. The van der Waals surface area contributed by atoms with E-state index in [2.05, 4.69) is 11.4 Å². The summed E-state index contributed by atoms with van der Waals surface area (Å²) < 4.78 is 5.24. The molecule has 1 aromatic carbocycles. The summed E-state index contributed by atoms with van der Waals surface area (Å²) in [6, 6.07) is 5.98. The van der Waals surface area contributed by atoms with E-state index in [0.717, 1.165) is 22.4 Å². The van der Waals surface area contributed by atoms with Gasteiger partial charge in [0, 0.05) is 11.3 Å². The van der Waals surface area contributed by atoms with E-state index < -0.39 is 0 Å². The van der Waals surface area contributed by atoms with E-state index in [1.807, 2.05) is 32.9 Å². The molecule has 3 heteroatoms. The van der Waals surface area contributed by atoms with Gasteiger partial charge >= 0.3 is 0 Å². The van der Waals surface area contributed by atoms with E-state index >= 15 is 0 Å². The minimum absolute atomic E-state index is 0.122. The fourth-order valence-corrected chi connectivity index (χ4v) is 2.15. The minimum atomic E-state index is -0.122. The van der Waals surface area contributed by atoms with Crippen LogP contribution in [0.15, 0.2) is 28.9 Å². The summed E-state index contributed by atoms with van der Waals surface area (Å²) in [5.74, 6) is 0.526. The lowest BCUT2D eigenvalue weighted by Gasteiger charge is -2.07. The van der Waals surface area contributed by atoms with Gasteiger partial charge in [0.2, 0.25) is 0 Å². The van der Waals surface area contributed by atoms with Gasteiger partial charge in [-0.05, 0) is 51.0 Å². The van der Waals surface area contributed by atoms with Gasteiger partial charge in [0.05, 0.1) is 11.8 Å². The molecule has 18 heavy (non-hydrogen) atoms. The molecule has 1 amide bonds. The monoisotopic (exact) mass is 243 g/mol. The van der Waals surface area contributed by atoms with E-state index in [1.165, 1.54) is 0 Å². The number of furan rings is 1. The van der Waals surface area contributed by atoms with Crippen molar-refractivity contribution in [3.8, 4) is 0 Å². The van der Waals surface area contributed by atoms with Crippen molar-refractivity contribution >= 4 is 11.6 Å². The Morgan fingerprint density at radius 1 is 1.06 bits per heavy atom. The van der Waals surface area contributed by atoms with Crippen LogP contribution in [0.5, 0.6) is 0 Å². The standard InChI is InChI=1S/C15H17NO2/c1-9-5-10(2)7-13(6-9)16-15(17)14-11(3)8-18-12(14)4/h5-8H,1-4H3,(H,16,17). The van der Waals surface area contributed by atoms with E-state index in [4.69, 9.17) is 4.42 Å². The number of benzene rings is 1. The molecule has 0 saturated carbocycles. The number of carbonyl (C=O) groups is 1. The lowest BCUT2D eigenvalue weighted by Crippen LogP contribution is -2.13. The number of rotatable bonds is 2. The zero-order valence-electron chi connectivity index (χ0n) is 11.1. The topological polar surface area (TPSA) is 42.2 Å². The van der Waals surface area contributed by atoms with Crippen molar-refractivity contribution < 1.29 is 9.21 Å². The molecule has 0 radical (unpaired) electrons. The number of carbonyl (C=O) groups excluding carboxylic acids is 1. The average molecular weight is 243 g/mol. The highest BCUT2D eigenvalue weighted by Crippen LogP contribution is 2.19. The first-order valence-corrected chi connectivity index (χ1v) is 5.91. The van der Waals surface area contributed by atoms with Gasteiger partial charge in [0.15, 0.2) is 0 Å². The minimum Gasteiger partial charge on any atom is -0.469 e. The Bertz CT molecular complexity index is 557. The molecule has 1 heterocycles. The molecule has 3 nitrogen and oxygen atoms in total. The fraction of sp³-hybridized carbons (Fsp3) is 0.267. The summed E-state index contributed by atoms with van der Waals surface area (Å²) in [4.78, 5) is 12.2. The highest BCUT2D eigenvalue weighted by molar-refractivity contribution is 6.06. The van der Waals surface area contributed by atoms with Crippen LogP contribution in [-0.4, -0.2) is 5.91 Å². The summed E-state index contributed by atoms with van der Waals surface area (Å²) in [6.07, 6.45) is 1.60. The van der Waals surface area contributed by atoms with Crippen molar-refractivity contribution in [2.45, 2.75) is 27.7 Å². The van der Waals surface area contributed by atoms with Crippen LogP contribution in [0.1, 0.15) is 32.8 Å². The Hall–Kier alpha value is -2.03. The molecule has 0 aliphatic rings. The van der Waals surface area contributed by atoms with Gasteiger partial charge < -0.3 is 9.73 Å². The van der Waals surface area contributed by atoms with Crippen LogP contribution in [0.3, 0.4) is 0 Å². The number of amides is 1. The van der Waals surface area contributed by atoms with E-state index in [0.29, 0.717) is 11.3 Å². The molecule has 0 bridgehead atoms. The van der Waals surface area contributed by atoms with Gasteiger partial charge in [-0.25, -0.2) is 0 Å². The third kappa shape index (κ3) is 2.45. The number of hydrogen-bond donors (Lipinski definition) is 1. The average Bonchev–Trinajstić information content (AvgIpc) is 2.56. The first kappa shape index (κ1) is 12.4. The second-order valence-electron chi connectivity index (χ2n) is 4.68. The Balaban J connectivity index is 2.27. The van der Waals surface area contributed by atoms with E-state index in [9.17, 15) is 4.79 Å². The van der Waals surface area contributed by atoms with E-state index in [1.54, 1.807) is 13.2 Å². The molecule has 94 valence electrons.